The summed E-state index contributed by atoms with van der Waals surface area (Å²) >= 11 is 5.02. The maximum atomic E-state index is 12.7. The molecule has 1 saturated carbocycles. The zero-order chi connectivity index (χ0) is 23.6. The topological polar surface area (TPSA) is 96.0 Å². The lowest BCUT2D eigenvalue weighted by molar-refractivity contribution is -0.156. The maximum Gasteiger partial charge on any atom is 0.370 e. The number of hydrogen-bond donors (Lipinski definition) is 1. The molecule has 1 aromatic rings. The lowest BCUT2D eigenvalue weighted by atomic mass is 9.95. The SMILES string of the molecule is CC(C)(S)C(=O)C[C@@H](CSC(=O)OCOC(=O)c1ccccc1)C(=O)OC1CCCCC1. The first-order valence-corrected chi connectivity index (χ1v) is 12.1. The minimum absolute atomic E-state index is 0.0205. The van der Waals surface area contributed by atoms with Crippen LogP contribution in [0.3, 0.4) is 0 Å². The van der Waals surface area contributed by atoms with Crippen LogP contribution in [0.4, 0.5) is 4.79 Å². The minimum Gasteiger partial charge on any atom is -0.462 e. The number of carbonyl (C=O) groups excluding carboxylic acids is 4. The van der Waals surface area contributed by atoms with E-state index in [-0.39, 0.29) is 24.1 Å². The number of thioether (sulfide) groups is 1. The molecule has 7 nitrogen and oxygen atoms in total. The van der Waals surface area contributed by atoms with E-state index in [1.807, 2.05) is 0 Å². The zero-order valence-electron chi connectivity index (χ0n) is 18.4. The lowest BCUT2D eigenvalue weighted by Crippen LogP contribution is -2.33. The van der Waals surface area contributed by atoms with Crippen molar-refractivity contribution in [3.63, 3.8) is 0 Å². The Bertz CT molecular complexity index is 783. The monoisotopic (exact) mass is 482 g/mol. The van der Waals surface area contributed by atoms with E-state index in [2.05, 4.69) is 12.6 Å². The van der Waals surface area contributed by atoms with Crippen LogP contribution in [0.15, 0.2) is 30.3 Å². The first-order chi connectivity index (χ1) is 15.2. The van der Waals surface area contributed by atoms with Gasteiger partial charge in [0, 0.05) is 12.2 Å². The largest absolute Gasteiger partial charge is 0.462 e. The highest BCUT2D eigenvalue weighted by atomic mass is 32.2. The zero-order valence-corrected chi connectivity index (χ0v) is 20.1. The van der Waals surface area contributed by atoms with Crippen molar-refractivity contribution in [2.75, 3.05) is 12.5 Å². The molecule has 0 heterocycles. The molecule has 0 N–H and O–H groups in total. The minimum atomic E-state index is -0.903. The summed E-state index contributed by atoms with van der Waals surface area (Å²) in [4.78, 5) is 49.1. The second kappa shape index (κ2) is 12.9. The molecule has 1 atom stereocenters. The van der Waals surface area contributed by atoms with Gasteiger partial charge in [0.2, 0.25) is 6.79 Å². The fourth-order valence-electron chi connectivity index (χ4n) is 3.13. The van der Waals surface area contributed by atoms with Crippen LogP contribution in [0.25, 0.3) is 0 Å². The molecule has 0 aromatic heterocycles. The summed E-state index contributed by atoms with van der Waals surface area (Å²) < 4.78 is 14.5. The lowest BCUT2D eigenvalue weighted by Gasteiger charge is -2.25. The van der Waals surface area contributed by atoms with Gasteiger partial charge in [-0.2, -0.15) is 12.6 Å². The van der Waals surface area contributed by atoms with E-state index in [0.717, 1.165) is 43.9 Å². The number of ether oxygens (including phenoxy) is 3. The molecular formula is C23H30O7S2. The average molecular weight is 483 g/mol. The van der Waals surface area contributed by atoms with Crippen molar-refractivity contribution in [1.29, 1.82) is 0 Å². The highest BCUT2D eigenvalue weighted by Crippen LogP contribution is 2.26. The number of Topliss-reactive ketones (excluding diaryl/α,β-unsaturated/α-hetero) is 1. The Morgan fingerprint density at radius 1 is 1.06 bits per heavy atom. The average Bonchev–Trinajstić information content (AvgIpc) is 2.76. The summed E-state index contributed by atoms with van der Waals surface area (Å²) in [6.07, 6.45) is 4.54. The molecule has 1 aliphatic carbocycles. The molecule has 1 aromatic carbocycles. The van der Waals surface area contributed by atoms with Crippen molar-refractivity contribution in [2.45, 2.75) is 63.2 Å². The number of thiol groups is 1. The van der Waals surface area contributed by atoms with Gasteiger partial charge < -0.3 is 14.2 Å². The van der Waals surface area contributed by atoms with Gasteiger partial charge in [-0.15, -0.1) is 0 Å². The fourth-order valence-corrected chi connectivity index (χ4v) is 3.94. The number of benzene rings is 1. The van der Waals surface area contributed by atoms with Gasteiger partial charge in [0.25, 0.3) is 0 Å². The quantitative estimate of drug-likeness (QED) is 0.288. The number of esters is 2. The van der Waals surface area contributed by atoms with Crippen LogP contribution in [0.2, 0.25) is 0 Å². The van der Waals surface area contributed by atoms with Gasteiger partial charge in [-0.05, 0) is 63.4 Å². The predicted octanol–water partition coefficient (Wildman–Crippen LogP) is 4.83. The van der Waals surface area contributed by atoms with Gasteiger partial charge in [0.1, 0.15) is 11.9 Å². The van der Waals surface area contributed by atoms with E-state index in [4.69, 9.17) is 14.2 Å². The van der Waals surface area contributed by atoms with Crippen LogP contribution >= 0.6 is 24.4 Å². The van der Waals surface area contributed by atoms with E-state index in [0.29, 0.717) is 5.56 Å². The highest BCUT2D eigenvalue weighted by molar-refractivity contribution is 8.13. The Balaban J connectivity index is 1.84. The second-order valence-electron chi connectivity index (χ2n) is 8.20. The van der Waals surface area contributed by atoms with Crippen molar-refractivity contribution in [1.82, 2.24) is 0 Å². The van der Waals surface area contributed by atoms with Crippen LogP contribution in [0, 0.1) is 5.92 Å². The van der Waals surface area contributed by atoms with Crippen LogP contribution < -0.4 is 0 Å². The number of ketones is 1. The number of hydrogen-bond acceptors (Lipinski definition) is 9. The van der Waals surface area contributed by atoms with Crippen LogP contribution in [-0.4, -0.2) is 46.4 Å². The van der Waals surface area contributed by atoms with Gasteiger partial charge in [-0.3, -0.25) is 9.59 Å². The van der Waals surface area contributed by atoms with Crippen LogP contribution in [0.1, 0.15) is 62.7 Å². The van der Waals surface area contributed by atoms with Crippen molar-refractivity contribution in [3.8, 4) is 0 Å². The molecule has 2 rings (SSSR count). The number of carbonyl (C=O) groups is 4. The fraction of sp³-hybridized carbons (Fsp3) is 0.565. The van der Waals surface area contributed by atoms with Crippen LogP contribution in [0.5, 0.6) is 0 Å². The molecule has 0 radical (unpaired) electrons. The molecule has 0 amide bonds. The van der Waals surface area contributed by atoms with E-state index in [1.165, 1.54) is 0 Å². The normalized spacial score (nSPS) is 15.5. The molecule has 1 fully saturated rings. The van der Waals surface area contributed by atoms with Crippen molar-refractivity contribution in [3.05, 3.63) is 35.9 Å². The molecule has 0 spiro atoms. The second-order valence-corrected chi connectivity index (χ2v) is 10.3. The first kappa shape index (κ1) is 26.3. The summed E-state index contributed by atoms with van der Waals surface area (Å²) in [5.74, 6) is -2.08. The molecule has 0 aliphatic heterocycles. The van der Waals surface area contributed by atoms with Gasteiger partial charge in [-0.1, -0.05) is 24.6 Å². The third-order valence-corrected chi connectivity index (χ3v) is 6.23. The Kier molecular flexibility index (Phi) is 10.6. The molecular weight excluding hydrogens is 452 g/mol. The van der Waals surface area contributed by atoms with E-state index in [9.17, 15) is 19.2 Å². The molecule has 9 heteroatoms. The Labute approximate surface area is 198 Å². The summed E-state index contributed by atoms with van der Waals surface area (Å²) in [5.41, 5.74) is 0.342. The highest BCUT2D eigenvalue weighted by Gasteiger charge is 2.32. The summed E-state index contributed by atoms with van der Waals surface area (Å²) in [6.45, 7) is 2.77. The van der Waals surface area contributed by atoms with Gasteiger partial charge in [0.05, 0.1) is 16.2 Å². The van der Waals surface area contributed by atoms with E-state index in [1.54, 1.807) is 44.2 Å². The van der Waals surface area contributed by atoms with Crippen molar-refractivity contribution < 1.29 is 33.4 Å². The molecule has 176 valence electrons. The smallest absolute Gasteiger partial charge is 0.370 e. The Morgan fingerprint density at radius 2 is 1.72 bits per heavy atom. The van der Waals surface area contributed by atoms with Gasteiger partial charge in [-0.25, -0.2) is 9.59 Å². The standard InChI is InChI=1S/C23H30O7S2/c1-23(2,31)19(24)13-17(21(26)30-18-11-7-4-8-12-18)14-32-22(27)29-15-28-20(25)16-9-5-3-6-10-16/h3,5-6,9-10,17-18,31H,4,7-8,11-15H2,1-2H3/t17-/m0/s1. The molecule has 1 aliphatic rings. The first-order valence-electron chi connectivity index (χ1n) is 10.6. The third-order valence-electron chi connectivity index (χ3n) is 5.06. The summed E-state index contributed by atoms with van der Waals surface area (Å²) in [7, 11) is 0. The Hall–Kier alpha value is -2.00. The predicted molar refractivity (Wildman–Crippen MR) is 125 cm³/mol. The summed E-state index contributed by atoms with van der Waals surface area (Å²) in [6, 6.07) is 8.32. The molecule has 0 saturated heterocycles. The molecule has 0 unspecified atom stereocenters. The number of rotatable bonds is 10. The third kappa shape index (κ3) is 9.24. The van der Waals surface area contributed by atoms with E-state index < -0.39 is 34.7 Å². The van der Waals surface area contributed by atoms with Gasteiger partial charge >= 0.3 is 17.2 Å². The summed E-state index contributed by atoms with van der Waals surface area (Å²) in [5, 5.41) is -0.709. The Morgan fingerprint density at radius 3 is 2.34 bits per heavy atom. The molecule has 0 bridgehead atoms. The van der Waals surface area contributed by atoms with Crippen molar-refractivity contribution >= 4 is 47.4 Å². The maximum absolute atomic E-state index is 12.7. The van der Waals surface area contributed by atoms with Gasteiger partial charge in [0.15, 0.2) is 0 Å². The molecule has 32 heavy (non-hydrogen) atoms. The van der Waals surface area contributed by atoms with Crippen LogP contribution in [-0.2, 0) is 23.8 Å². The van der Waals surface area contributed by atoms with E-state index >= 15 is 0 Å². The van der Waals surface area contributed by atoms with Crippen molar-refractivity contribution in [2.24, 2.45) is 5.92 Å².